The van der Waals surface area contributed by atoms with Crippen molar-refractivity contribution in [2.75, 3.05) is 39.8 Å². The van der Waals surface area contributed by atoms with Gasteiger partial charge in [-0.05, 0) is 32.9 Å². The molecule has 0 saturated carbocycles. The number of likely N-dealkylation sites (N-methyl/N-ethyl adjacent to an activating group) is 1. The van der Waals surface area contributed by atoms with E-state index in [4.69, 9.17) is 0 Å². The van der Waals surface area contributed by atoms with E-state index in [2.05, 4.69) is 10.2 Å². The highest BCUT2D eigenvalue weighted by atomic mass is 16.2. The fraction of sp³-hybridized carbons (Fsp3) is 0.900. The Bertz CT molecular complexity index is 178. The number of rotatable bonds is 4. The van der Waals surface area contributed by atoms with Gasteiger partial charge in [-0.2, -0.15) is 0 Å². The second kappa shape index (κ2) is 5.86. The van der Waals surface area contributed by atoms with Gasteiger partial charge in [-0.1, -0.05) is 0 Å². The Hall–Kier alpha value is -0.770. The molecule has 0 aromatic carbocycles. The van der Waals surface area contributed by atoms with Gasteiger partial charge in [0.15, 0.2) is 0 Å². The molecule has 0 spiro atoms. The Morgan fingerprint density at radius 1 is 1.43 bits per heavy atom. The number of carbonyl (C=O) groups excluding carboxylic acids is 1. The van der Waals surface area contributed by atoms with Crippen molar-refractivity contribution in [1.29, 1.82) is 0 Å². The van der Waals surface area contributed by atoms with E-state index in [1.54, 1.807) is 4.90 Å². The second-order valence-electron chi connectivity index (χ2n) is 3.81. The van der Waals surface area contributed by atoms with Crippen LogP contribution in [0.2, 0.25) is 0 Å². The van der Waals surface area contributed by atoms with E-state index in [1.807, 2.05) is 14.0 Å². The first-order valence-corrected chi connectivity index (χ1v) is 5.45. The first-order chi connectivity index (χ1) is 6.74. The Labute approximate surface area is 86.2 Å². The molecule has 82 valence electrons. The molecule has 1 N–H and O–H groups in total. The van der Waals surface area contributed by atoms with E-state index in [9.17, 15) is 4.79 Å². The maximum Gasteiger partial charge on any atom is 0.317 e. The molecule has 1 rings (SSSR count). The second-order valence-corrected chi connectivity index (χ2v) is 3.81. The largest absolute Gasteiger partial charge is 0.338 e. The number of hydrogen-bond acceptors (Lipinski definition) is 2. The third-order valence-electron chi connectivity index (χ3n) is 2.63. The van der Waals surface area contributed by atoms with Crippen LogP contribution in [-0.2, 0) is 0 Å². The zero-order valence-corrected chi connectivity index (χ0v) is 9.25. The van der Waals surface area contributed by atoms with Crippen molar-refractivity contribution in [2.24, 2.45) is 0 Å². The van der Waals surface area contributed by atoms with Gasteiger partial charge in [0, 0.05) is 26.7 Å². The van der Waals surface area contributed by atoms with Crippen LogP contribution in [0.5, 0.6) is 0 Å². The summed E-state index contributed by atoms with van der Waals surface area (Å²) in [6.07, 6.45) is 2.62. The van der Waals surface area contributed by atoms with Gasteiger partial charge in [0.05, 0.1) is 0 Å². The van der Waals surface area contributed by atoms with Gasteiger partial charge in [0.1, 0.15) is 0 Å². The third kappa shape index (κ3) is 3.54. The summed E-state index contributed by atoms with van der Waals surface area (Å²) < 4.78 is 0. The van der Waals surface area contributed by atoms with Crippen LogP contribution < -0.4 is 5.32 Å². The van der Waals surface area contributed by atoms with Gasteiger partial charge in [-0.3, -0.25) is 0 Å². The van der Waals surface area contributed by atoms with Gasteiger partial charge in [-0.25, -0.2) is 4.79 Å². The number of amides is 2. The van der Waals surface area contributed by atoms with E-state index in [-0.39, 0.29) is 6.03 Å². The van der Waals surface area contributed by atoms with Gasteiger partial charge < -0.3 is 15.1 Å². The monoisotopic (exact) mass is 199 g/mol. The topological polar surface area (TPSA) is 35.6 Å². The van der Waals surface area contributed by atoms with E-state index < -0.39 is 0 Å². The Morgan fingerprint density at radius 2 is 2.07 bits per heavy atom. The first kappa shape index (κ1) is 11.3. The summed E-state index contributed by atoms with van der Waals surface area (Å²) >= 11 is 0. The van der Waals surface area contributed by atoms with Crippen LogP contribution in [-0.4, -0.2) is 55.6 Å². The molecule has 0 aliphatic carbocycles. The predicted molar refractivity (Wildman–Crippen MR) is 57.4 cm³/mol. The molecule has 0 bridgehead atoms. The molecule has 0 atom stereocenters. The summed E-state index contributed by atoms with van der Waals surface area (Å²) in [7, 11) is 1.85. The Kier molecular flexibility index (Phi) is 4.73. The van der Waals surface area contributed by atoms with Crippen LogP contribution >= 0.6 is 0 Å². The summed E-state index contributed by atoms with van der Waals surface area (Å²) in [5, 5.41) is 2.79. The number of likely N-dealkylation sites (tertiary alicyclic amines) is 1. The van der Waals surface area contributed by atoms with Crippen molar-refractivity contribution in [3.05, 3.63) is 0 Å². The zero-order valence-electron chi connectivity index (χ0n) is 9.25. The van der Waals surface area contributed by atoms with E-state index >= 15 is 0 Å². The van der Waals surface area contributed by atoms with Gasteiger partial charge >= 0.3 is 6.03 Å². The Balaban J connectivity index is 2.13. The summed E-state index contributed by atoms with van der Waals surface area (Å²) in [6, 6.07) is 0.0340. The minimum absolute atomic E-state index is 0.0340. The average Bonchev–Trinajstić information content (AvgIpc) is 2.67. The molecule has 14 heavy (non-hydrogen) atoms. The lowest BCUT2D eigenvalue weighted by Crippen LogP contribution is -2.41. The van der Waals surface area contributed by atoms with Crippen LogP contribution in [0.4, 0.5) is 4.79 Å². The maximum absolute atomic E-state index is 11.3. The van der Waals surface area contributed by atoms with Crippen molar-refractivity contribution in [3.63, 3.8) is 0 Å². The minimum Gasteiger partial charge on any atom is -0.338 e. The van der Waals surface area contributed by atoms with E-state index in [1.165, 1.54) is 25.9 Å². The van der Waals surface area contributed by atoms with Crippen molar-refractivity contribution >= 4 is 6.03 Å². The fourth-order valence-electron chi connectivity index (χ4n) is 1.69. The highest BCUT2D eigenvalue weighted by Crippen LogP contribution is 2.06. The van der Waals surface area contributed by atoms with E-state index in [0.29, 0.717) is 6.54 Å². The average molecular weight is 199 g/mol. The molecule has 0 aromatic rings. The minimum atomic E-state index is 0.0340. The first-order valence-electron chi connectivity index (χ1n) is 5.45. The number of carbonyl (C=O) groups is 1. The Morgan fingerprint density at radius 3 is 2.64 bits per heavy atom. The van der Waals surface area contributed by atoms with Crippen LogP contribution in [0.1, 0.15) is 19.8 Å². The number of hydrogen-bond donors (Lipinski definition) is 1. The van der Waals surface area contributed by atoms with Crippen LogP contribution in [0.15, 0.2) is 0 Å². The van der Waals surface area contributed by atoms with Crippen molar-refractivity contribution in [1.82, 2.24) is 15.1 Å². The summed E-state index contributed by atoms with van der Waals surface area (Å²) in [6.45, 7) is 6.87. The fourth-order valence-corrected chi connectivity index (χ4v) is 1.69. The molecule has 2 amide bonds. The van der Waals surface area contributed by atoms with Crippen molar-refractivity contribution in [2.45, 2.75) is 19.8 Å². The molecule has 0 aromatic heterocycles. The van der Waals surface area contributed by atoms with Gasteiger partial charge in [0.25, 0.3) is 0 Å². The smallest absolute Gasteiger partial charge is 0.317 e. The zero-order chi connectivity index (χ0) is 10.4. The molecule has 1 aliphatic rings. The lowest BCUT2D eigenvalue weighted by molar-refractivity contribution is 0.201. The molecular weight excluding hydrogens is 178 g/mol. The summed E-state index contributed by atoms with van der Waals surface area (Å²) in [5.74, 6) is 0. The lowest BCUT2D eigenvalue weighted by Gasteiger charge is -2.21. The summed E-state index contributed by atoms with van der Waals surface area (Å²) in [5.41, 5.74) is 0. The van der Waals surface area contributed by atoms with E-state index in [0.717, 1.165) is 13.1 Å². The highest BCUT2D eigenvalue weighted by Gasteiger charge is 2.13. The lowest BCUT2D eigenvalue weighted by atomic mass is 10.4. The summed E-state index contributed by atoms with van der Waals surface area (Å²) in [4.78, 5) is 15.5. The highest BCUT2D eigenvalue weighted by molar-refractivity contribution is 5.73. The molecule has 4 nitrogen and oxygen atoms in total. The number of nitrogens with one attached hydrogen (secondary N) is 1. The molecule has 4 heteroatoms. The van der Waals surface area contributed by atoms with Gasteiger partial charge in [-0.15, -0.1) is 0 Å². The molecule has 0 radical (unpaired) electrons. The molecule has 1 heterocycles. The van der Waals surface area contributed by atoms with Crippen LogP contribution in [0.25, 0.3) is 0 Å². The predicted octanol–water partition coefficient (Wildman–Crippen LogP) is 0.744. The quantitative estimate of drug-likeness (QED) is 0.725. The van der Waals surface area contributed by atoms with Crippen molar-refractivity contribution in [3.8, 4) is 0 Å². The van der Waals surface area contributed by atoms with Crippen molar-refractivity contribution < 1.29 is 4.79 Å². The van der Waals surface area contributed by atoms with Crippen LogP contribution in [0.3, 0.4) is 0 Å². The third-order valence-corrected chi connectivity index (χ3v) is 2.63. The SMILES string of the molecule is CCNC(=O)N(C)CCN1CCCC1. The van der Waals surface area contributed by atoms with Gasteiger partial charge in [0.2, 0.25) is 0 Å². The molecular formula is C10H21N3O. The molecule has 1 fully saturated rings. The maximum atomic E-state index is 11.3. The van der Waals surface area contributed by atoms with Crippen LogP contribution in [0, 0.1) is 0 Å². The molecule has 1 saturated heterocycles. The molecule has 1 aliphatic heterocycles. The standard InChI is InChI=1S/C10H21N3O/c1-3-11-10(14)12(2)8-9-13-6-4-5-7-13/h3-9H2,1-2H3,(H,11,14). The number of urea groups is 1. The normalized spacial score (nSPS) is 17.0. The number of nitrogens with zero attached hydrogens (tertiary/aromatic N) is 2. The molecule has 0 unspecified atom stereocenters.